The minimum atomic E-state index is -0.308. The van der Waals surface area contributed by atoms with E-state index >= 15 is 0 Å². The fourth-order valence-corrected chi connectivity index (χ4v) is 1.85. The van der Waals surface area contributed by atoms with Crippen molar-refractivity contribution in [1.29, 1.82) is 0 Å². The number of imidazole rings is 1. The second-order valence-electron chi connectivity index (χ2n) is 4.48. The van der Waals surface area contributed by atoms with Crippen molar-refractivity contribution in [3.05, 3.63) is 54.1 Å². The SMILES string of the molecule is CC(C(=O)NCc1ncc[nH]1)C(N)c1ccccc1.Cl.Cl. The molecule has 0 aliphatic carbocycles. The van der Waals surface area contributed by atoms with Crippen molar-refractivity contribution in [1.82, 2.24) is 15.3 Å². The molecule has 0 spiro atoms. The zero-order chi connectivity index (χ0) is 13.7. The largest absolute Gasteiger partial charge is 0.349 e. The molecule has 2 aromatic rings. The van der Waals surface area contributed by atoms with Crippen LogP contribution in [0.15, 0.2) is 42.7 Å². The minimum Gasteiger partial charge on any atom is -0.349 e. The minimum absolute atomic E-state index is 0. The summed E-state index contributed by atoms with van der Waals surface area (Å²) in [5.74, 6) is 0.360. The number of amides is 1. The summed E-state index contributed by atoms with van der Waals surface area (Å²) in [6.07, 6.45) is 3.38. The maximum absolute atomic E-state index is 12.0. The lowest BCUT2D eigenvalue weighted by atomic mass is 9.95. The summed E-state index contributed by atoms with van der Waals surface area (Å²) in [5, 5.41) is 2.82. The molecule has 4 N–H and O–H groups in total. The monoisotopic (exact) mass is 330 g/mol. The van der Waals surface area contributed by atoms with Gasteiger partial charge in [0.25, 0.3) is 0 Å². The number of aromatic amines is 1. The van der Waals surface area contributed by atoms with Gasteiger partial charge in [0.05, 0.1) is 12.5 Å². The number of nitrogens with two attached hydrogens (primary N) is 1. The van der Waals surface area contributed by atoms with Crippen LogP contribution < -0.4 is 11.1 Å². The van der Waals surface area contributed by atoms with Crippen LogP contribution >= 0.6 is 24.8 Å². The van der Waals surface area contributed by atoms with Gasteiger partial charge in [0.15, 0.2) is 0 Å². The summed E-state index contributed by atoms with van der Waals surface area (Å²) in [4.78, 5) is 19.0. The zero-order valence-electron chi connectivity index (χ0n) is 11.7. The molecule has 0 saturated heterocycles. The average molecular weight is 331 g/mol. The van der Waals surface area contributed by atoms with Crippen LogP contribution in [0.1, 0.15) is 24.4 Å². The first kappa shape index (κ1) is 19.4. The lowest BCUT2D eigenvalue weighted by Gasteiger charge is -2.19. The molecule has 0 aliphatic heterocycles. The molecule has 0 radical (unpaired) electrons. The highest BCUT2D eigenvalue weighted by atomic mass is 35.5. The Morgan fingerprint density at radius 2 is 2.00 bits per heavy atom. The van der Waals surface area contributed by atoms with Crippen LogP contribution in [0.3, 0.4) is 0 Å². The van der Waals surface area contributed by atoms with Crippen molar-refractivity contribution in [3.63, 3.8) is 0 Å². The van der Waals surface area contributed by atoms with E-state index in [2.05, 4.69) is 15.3 Å². The Hall–Kier alpha value is -1.56. The number of carbonyl (C=O) groups excluding carboxylic acids is 1. The lowest BCUT2D eigenvalue weighted by molar-refractivity contribution is -0.125. The van der Waals surface area contributed by atoms with Crippen LogP contribution in [0, 0.1) is 5.92 Å². The van der Waals surface area contributed by atoms with E-state index in [1.807, 2.05) is 37.3 Å². The maximum Gasteiger partial charge on any atom is 0.225 e. The Balaban J connectivity index is 0.00000200. The van der Waals surface area contributed by atoms with Crippen LogP contribution in [-0.2, 0) is 11.3 Å². The standard InChI is InChI=1S/C14H18N4O.2ClH/c1-10(13(15)11-5-3-2-4-6-11)14(19)18-9-12-16-7-8-17-12;;/h2-8,10,13H,9,15H2,1H3,(H,16,17)(H,18,19);2*1H. The molecule has 2 unspecified atom stereocenters. The van der Waals surface area contributed by atoms with E-state index in [1.54, 1.807) is 12.4 Å². The van der Waals surface area contributed by atoms with Crippen LogP contribution in [-0.4, -0.2) is 15.9 Å². The van der Waals surface area contributed by atoms with Gasteiger partial charge in [-0.1, -0.05) is 37.3 Å². The first-order valence-electron chi connectivity index (χ1n) is 6.25. The van der Waals surface area contributed by atoms with Crippen LogP contribution in [0.4, 0.5) is 0 Å². The highest BCUT2D eigenvalue weighted by Crippen LogP contribution is 2.18. The van der Waals surface area contributed by atoms with Crippen molar-refractivity contribution in [2.24, 2.45) is 11.7 Å². The molecule has 116 valence electrons. The average Bonchev–Trinajstić information content (AvgIpc) is 2.97. The van der Waals surface area contributed by atoms with Gasteiger partial charge in [-0.05, 0) is 5.56 Å². The number of nitrogens with zero attached hydrogens (tertiary/aromatic N) is 1. The number of rotatable bonds is 5. The molecular formula is C14H20Cl2N4O. The second kappa shape index (κ2) is 9.39. The number of aromatic nitrogens is 2. The topological polar surface area (TPSA) is 83.8 Å². The smallest absolute Gasteiger partial charge is 0.225 e. The molecule has 2 atom stereocenters. The first-order chi connectivity index (χ1) is 9.18. The fraction of sp³-hybridized carbons (Fsp3) is 0.286. The molecule has 5 nitrogen and oxygen atoms in total. The molecule has 21 heavy (non-hydrogen) atoms. The molecule has 7 heteroatoms. The van der Waals surface area contributed by atoms with E-state index in [0.717, 1.165) is 11.4 Å². The third-order valence-corrected chi connectivity index (χ3v) is 3.12. The van der Waals surface area contributed by atoms with E-state index in [9.17, 15) is 4.79 Å². The van der Waals surface area contributed by atoms with Gasteiger partial charge in [0, 0.05) is 18.4 Å². The normalized spacial score (nSPS) is 12.5. The predicted molar refractivity (Wildman–Crippen MR) is 87.5 cm³/mol. The first-order valence-corrected chi connectivity index (χ1v) is 6.25. The van der Waals surface area contributed by atoms with E-state index in [1.165, 1.54) is 0 Å². The van der Waals surface area contributed by atoms with Gasteiger partial charge < -0.3 is 16.0 Å². The van der Waals surface area contributed by atoms with Crippen molar-refractivity contribution < 1.29 is 4.79 Å². The summed E-state index contributed by atoms with van der Waals surface area (Å²) >= 11 is 0. The Morgan fingerprint density at radius 3 is 2.57 bits per heavy atom. The molecule has 0 aliphatic rings. The number of H-pyrrole nitrogens is 1. The fourth-order valence-electron chi connectivity index (χ4n) is 1.85. The molecule has 1 aromatic carbocycles. The zero-order valence-corrected chi connectivity index (χ0v) is 13.3. The molecule has 0 fully saturated rings. The quantitative estimate of drug-likeness (QED) is 0.785. The van der Waals surface area contributed by atoms with E-state index < -0.39 is 0 Å². The molecule has 0 saturated carbocycles. The van der Waals surface area contributed by atoms with Crippen molar-refractivity contribution in [2.45, 2.75) is 19.5 Å². The van der Waals surface area contributed by atoms with E-state index in [-0.39, 0.29) is 42.7 Å². The third-order valence-electron chi connectivity index (χ3n) is 3.12. The maximum atomic E-state index is 12.0. The summed E-state index contributed by atoms with van der Waals surface area (Å²) in [7, 11) is 0. The predicted octanol–water partition coefficient (Wildman–Crippen LogP) is 2.21. The van der Waals surface area contributed by atoms with Gasteiger partial charge in [-0.3, -0.25) is 4.79 Å². The molecular weight excluding hydrogens is 311 g/mol. The van der Waals surface area contributed by atoms with Crippen molar-refractivity contribution >= 4 is 30.7 Å². The highest BCUT2D eigenvalue weighted by molar-refractivity contribution is 5.85. The summed E-state index contributed by atoms with van der Waals surface area (Å²) in [6, 6.07) is 9.32. The Morgan fingerprint density at radius 1 is 1.33 bits per heavy atom. The number of hydrogen-bond donors (Lipinski definition) is 3. The molecule has 1 heterocycles. The van der Waals surface area contributed by atoms with Crippen LogP contribution in [0.25, 0.3) is 0 Å². The second-order valence-corrected chi connectivity index (χ2v) is 4.48. The van der Waals surface area contributed by atoms with Gasteiger partial charge in [-0.15, -0.1) is 24.8 Å². The number of nitrogens with one attached hydrogen (secondary N) is 2. The van der Waals surface area contributed by atoms with Crippen LogP contribution in [0.5, 0.6) is 0 Å². The van der Waals surface area contributed by atoms with Gasteiger partial charge in [-0.2, -0.15) is 0 Å². The number of hydrogen-bond acceptors (Lipinski definition) is 3. The third kappa shape index (κ3) is 5.38. The molecule has 1 amide bonds. The van der Waals surface area contributed by atoms with Gasteiger partial charge >= 0.3 is 0 Å². The van der Waals surface area contributed by atoms with Gasteiger partial charge in [0.1, 0.15) is 5.82 Å². The van der Waals surface area contributed by atoms with E-state index in [0.29, 0.717) is 6.54 Å². The van der Waals surface area contributed by atoms with E-state index in [4.69, 9.17) is 5.73 Å². The molecule has 0 bridgehead atoms. The molecule has 1 aromatic heterocycles. The number of benzene rings is 1. The summed E-state index contributed by atoms with van der Waals surface area (Å²) in [6.45, 7) is 2.22. The number of carbonyl (C=O) groups is 1. The molecule has 2 rings (SSSR count). The van der Waals surface area contributed by atoms with Gasteiger partial charge in [-0.25, -0.2) is 4.98 Å². The summed E-state index contributed by atoms with van der Waals surface area (Å²) in [5.41, 5.74) is 7.07. The van der Waals surface area contributed by atoms with Crippen LogP contribution in [0.2, 0.25) is 0 Å². The highest BCUT2D eigenvalue weighted by Gasteiger charge is 2.21. The number of halogens is 2. The lowest BCUT2D eigenvalue weighted by Crippen LogP contribution is -2.35. The summed E-state index contributed by atoms with van der Waals surface area (Å²) < 4.78 is 0. The van der Waals surface area contributed by atoms with Crippen molar-refractivity contribution in [2.75, 3.05) is 0 Å². The Bertz CT molecular complexity index is 519. The van der Waals surface area contributed by atoms with Gasteiger partial charge in [0.2, 0.25) is 5.91 Å². The Kier molecular flexibility index (Phi) is 8.69. The van der Waals surface area contributed by atoms with Crippen molar-refractivity contribution in [3.8, 4) is 0 Å². The Labute approximate surface area is 136 Å².